The predicted octanol–water partition coefficient (Wildman–Crippen LogP) is 20.1. The number of amides is 1. The Hall–Kier alpha value is -13.8. The first kappa shape index (κ1) is 93.5. The molecule has 6 heterocycles. The molecule has 31 heteroatoms. The number of hydrogen-bond acceptors (Lipinski definition) is 24. The van der Waals surface area contributed by atoms with Crippen LogP contribution in [-0.4, -0.2) is 131 Å². The van der Waals surface area contributed by atoms with Crippen molar-refractivity contribution in [1.29, 1.82) is 5.26 Å². The quantitative estimate of drug-likeness (QED) is 0.0212. The van der Waals surface area contributed by atoms with Gasteiger partial charge in [0.2, 0.25) is 11.8 Å². The van der Waals surface area contributed by atoms with E-state index in [2.05, 4.69) is 94.4 Å². The zero-order chi connectivity index (χ0) is 87.4. The molecule has 2 atom stereocenters. The fraction of sp³-hybridized carbons (Fsp3) is 0.245. The van der Waals surface area contributed by atoms with Gasteiger partial charge in [-0.15, -0.1) is 23.9 Å². The number of methoxy groups -OCH3 is 3. The highest BCUT2D eigenvalue weighted by Crippen LogP contribution is 2.44. The van der Waals surface area contributed by atoms with Crippen LogP contribution in [0.3, 0.4) is 0 Å². The summed E-state index contributed by atoms with van der Waals surface area (Å²) < 4.78 is 95.9. The van der Waals surface area contributed by atoms with Crippen LogP contribution in [0.15, 0.2) is 227 Å². The fourth-order valence-electron chi connectivity index (χ4n) is 12.3. The summed E-state index contributed by atoms with van der Waals surface area (Å²) in [4.78, 5) is 42.1. The summed E-state index contributed by atoms with van der Waals surface area (Å²) in [6.45, 7) is 12.2. The van der Waals surface area contributed by atoms with Crippen molar-refractivity contribution in [1.82, 2.24) is 50.2 Å². The van der Waals surface area contributed by atoms with E-state index in [0.29, 0.717) is 104 Å². The molecule has 646 valence electrons. The number of aryl methyl sites for hydroxylation is 4. The van der Waals surface area contributed by atoms with E-state index in [1.807, 2.05) is 196 Å². The minimum absolute atomic E-state index is 0. The molecule has 1 aliphatic heterocycles. The number of aliphatic imine (C=N–C) groups is 1. The third-order valence-corrected chi connectivity index (χ3v) is 19.0. The first-order valence-corrected chi connectivity index (χ1v) is 40.4. The van der Waals surface area contributed by atoms with Gasteiger partial charge in [-0.25, -0.2) is 24.9 Å². The fourth-order valence-corrected chi connectivity index (χ4v) is 12.7. The lowest BCUT2D eigenvalue weighted by atomic mass is 9.90. The molecule has 0 aliphatic carbocycles. The number of ether oxygens (including phenoxy) is 9. The van der Waals surface area contributed by atoms with Crippen molar-refractivity contribution in [3.8, 4) is 58.7 Å². The number of pyridine rings is 1. The average molecular weight is 1780 g/mol. The lowest BCUT2D eigenvalue weighted by molar-refractivity contribution is -0.137. The molecular weight excluding hydrogens is 1690 g/mol. The Bertz CT molecular complexity index is 5820. The van der Waals surface area contributed by atoms with Crippen molar-refractivity contribution in [2.75, 3.05) is 90.1 Å². The molecule has 14 rings (SSSR count). The van der Waals surface area contributed by atoms with Crippen molar-refractivity contribution in [3.05, 3.63) is 274 Å². The average Bonchev–Trinajstić information content (AvgIpc) is 1.59. The number of nitrogens with zero attached hydrogens (tertiary/aromatic N) is 11. The van der Waals surface area contributed by atoms with E-state index in [9.17, 15) is 23.2 Å². The second-order valence-corrected chi connectivity index (χ2v) is 28.4. The summed E-state index contributed by atoms with van der Waals surface area (Å²) in [6, 6.07) is 53.5. The Kier molecular flexibility index (Phi) is 36.1. The van der Waals surface area contributed by atoms with E-state index in [4.69, 9.17) is 53.5 Å². The van der Waals surface area contributed by atoms with E-state index in [1.54, 1.807) is 51.3 Å². The van der Waals surface area contributed by atoms with Gasteiger partial charge in [-0.05, 0) is 191 Å². The van der Waals surface area contributed by atoms with Crippen LogP contribution in [0.2, 0.25) is 0 Å². The van der Waals surface area contributed by atoms with Gasteiger partial charge < -0.3 is 68.3 Å². The minimum Gasteiger partial charge on any atom is -0.490 e. The third-order valence-electron chi connectivity index (χ3n) is 18.5. The highest BCUT2D eigenvalue weighted by atomic mass is 79.9. The van der Waals surface area contributed by atoms with Crippen LogP contribution in [0.25, 0.3) is 40.0 Å². The van der Waals surface area contributed by atoms with Crippen LogP contribution in [0.5, 0.6) is 40.2 Å². The van der Waals surface area contributed by atoms with Gasteiger partial charge in [0.15, 0.2) is 23.0 Å². The molecular formula is C94H94BrClF3N15O11. The normalized spacial score (nSPS) is 12.5. The minimum atomic E-state index is -4.35. The Labute approximate surface area is 737 Å². The number of aromatic nitrogens is 9. The number of carbonyl (C=O) groups is 1. The largest absolute Gasteiger partial charge is 0.490 e. The number of hydrogen-bond donors (Lipinski definition) is 4. The SMILES string of the molecule is C#Cc1cccc(Nc2ncnc3cc(OCCOC)c(OCCOC)cc23)c1.CCOc1cc2c(cc1OCC)C(Nc1cccc(Br)c1)C(C#N)C=N2.COCC(=O)NC/C=C/c1ccc2ncnc(Nc3ccc(Oc4ccc(C)nc4)c(C)c3)c2c1.Cl.FC(F)(F)c1ccc(/C=C/c2nc(COc3ccc(CCCCn4ccnn4)cc3)co2)cc1. The van der Waals surface area contributed by atoms with E-state index in [0.717, 1.165) is 126 Å². The summed E-state index contributed by atoms with van der Waals surface area (Å²) in [5.74, 6) is 8.49. The number of carbonyl (C=O) groups excluding carboxylic acids is 1. The van der Waals surface area contributed by atoms with Crippen molar-refractivity contribution < 1.29 is 65.0 Å². The van der Waals surface area contributed by atoms with Crippen LogP contribution in [0.1, 0.15) is 89.0 Å². The molecule has 0 bridgehead atoms. The lowest BCUT2D eigenvalue weighted by Gasteiger charge is -2.28. The third kappa shape index (κ3) is 28.7. The maximum absolute atomic E-state index is 12.6. The number of oxazole rings is 1. The van der Waals surface area contributed by atoms with Crippen LogP contribution in [0.4, 0.5) is 47.6 Å². The number of alkyl halides is 3. The Morgan fingerprint density at radius 1 is 0.664 bits per heavy atom. The van der Waals surface area contributed by atoms with Gasteiger partial charge >= 0.3 is 6.18 Å². The summed E-state index contributed by atoms with van der Waals surface area (Å²) in [5, 5.41) is 31.9. The van der Waals surface area contributed by atoms with E-state index in [-0.39, 0.29) is 43.5 Å². The number of unbranched alkanes of at least 4 members (excludes halogenated alkanes) is 1. The van der Waals surface area contributed by atoms with E-state index in [1.165, 1.54) is 37.4 Å². The number of nitriles is 1. The van der Waals surface area contributed by atoms with Gasteiger partial charge in [-0.1, -0.05) is 81.7 Å². The van der Waals surface area contributed by atoms with Crippen molar-refractivity contribution in [2.45, 2.75) is 72.3 Å². The number of fused-ring (bicyclic) bond motifs is 3. The molecule has 0 saturated heterocycles. The molecule has 1 amide bonds. The van der Waals surface area contributed by atoms with Crippen molar-refractivity contribution >= 4 is 115 Å². The van der Waals surface area contributed by atoms with Crippen molar-refractivity contribution in [3.63, 3.8) is 0 Å². The zero-order valence-corrected chi connectivity index (χ0v) is 72.2. The van der Waals surface area contributed by atoms with Gasteiger partial charge in [-0.2, -0.15) is 18.4 Å². The molecule has 8 aromatic carbocycles. The van der Waals surface area contributed by atoms with Gasteiger partial charge in [0.1, 0.15) is 85.8 Å². The molecule has 0 radical (unpaired) electrons. The first-order valence-electron chi connectivity index (χ1n) is 39.6. The van der Waals surface area contributed by atoms with Gasteiger partial charge in [0, 0.05) is 114 Å². The monoisotopic (exact) mass is 1780 g/mol. The maximum Gasteiger partial charge on any atom is 0.416 e. The highest BCUT2D eigenvalue weighted by Gasteiger charge is 2.31. The van der Waals surface area contributed by atoms with Crippen LogP contribution in [-0.2, 0) is 44.8 Å². The second-order valence-electron chi connectivity index (χ2n) is 27.5. The van der Waals surface area contributed by atoms with Gasteiger partial charge in [0.05, 0.1) is 73.2 Å². The Morgan fingerprint density at radius 2 is 1.35 bits per heavy atom. The molecule has 13 aromatic rings. The van der Waals surface area contributed by atoms with Crippen LogP contribution in [0, 0.1) is 43.4 Å². The molecule has 0 saturated carbocycles. The summed E-state index contributed by atoms with van der Waals surface area (Å²) in [7, 11) is 4.74. The number of terminal acetylenes is 1. The van der Waals surface area contributed by atoms with Gasteiger partial charge in [0.25, 0.3) is 0 Å². The smallest absolute Gasteiger partial charge is 0.416 e. The van der Waals surface area contributed by atoms with Gasteiger partial charge in [-0.3, -0.25) is 19.5 Å². The molecule has 4 N–H and O–H groups in total. The molecule has 26 nitrogen and oxygen atoms in total. The molecule has 2 unspecified atom stereocenters. The Balaban J connectivity index is 0.000000175. The Morgan fingerprint density at radius 3 is 2.02 bits per heavy atom. The predicted molar refractivity (Wildman–Crippen MR) is 483 cm³/mol. The number of rotatable bonds is 35. The van der Waals surface area contributed by atoms with E-state index < -0.39 is 11.7 Å². The molecule has 0 fully saturated rings. The second kappa shape index (κ2) is 48.2. The standard InChI is InChI=1S/C27H27N5O3.C25H23F3N4O2.C22H23N3O4.C20H20BrN3O2.ClH/c1-18-13-21(8-11-25(18)35-22-9-6-19(2)29-15-22)32-27-23-14-20(7-10-24(23)30-17-31-27)5-4-12-28-26(33)16-34-3;26-25(27,28)21-9-4-20(5-10-21)8-13-24-30-22(18-34-24)17-33-23-11-6-19(7-12-23)3-1-2-15-32-16-14-29-31-32;1-4-16-6-5-7-17(12-16)25-22-18-13-20(28-10-8-26-2)21(29-11-9-27-3)14-19(18)23-15-24-22;1-3-25-18-9-16-17(10-19(18)26-4-2)23-12-13(11-22)20(16)24-15-7-5-6-14(21)8-15;/h4-11,13-15,17H,12,16H2,1-3H3,(H,28,33)(H,30,31,32);4-14,16,18H,1-3,15,17H2;1,5-7,12-15H,8-11H2,2-3H3,(H,23,24,25);5-10,12-13,20,24H,3-4H2,1-2H3;1H/b5-4+;13-8+;;;. The molecule has 0 spiro atoms. The summed E-state index contributed by atoms with van der Waals surface area (Å²) >= 11 is 3.48. The molecule has 125 heavy (non-hydrogen) atoms. The first-order chi connectivity index (χ1) is 60.4. The van der Waals surface area contributed by atoms with E-state index >= 15 is 0 Å². The number of nitrogens with one attached hydrogen (secondary N) is 4. The summed E-state index contributed by atoms with van der Waals surface area (Å²) in [5.41, 5.74) is 11.4. The number of halogens is 5. The molecule has 1 aliphatic rings. The number of benzene rings is 8. The maximum atomic E-state index is 12.6. The summed E-state index contributed by atoms with van der Waals surface area (Å²) in [6.07, 6.45) is 22.8. The van der Waals surface area contributed by atoms with Crippen LogP contribution >= 0.6 is 28.3 Å². The van der Waals surface area contributed by atoms with Crippen molar-refractivity contribution in [2.24, 2.45) is 10.9 Å². The highest BCUT2D eigenvalue weighted by molar-refractivity contribution is 9.10. The van der Waals surface area contributed by atoms with Crippen LogP contribution < -0.4 is 49.7 Å². The topological polar surface area (TPSA) is 306 Å². The molecule has 5 aromatic heterocycles. The number of anilines is 5. The lowest BCUT2D eigenvalue weighted by Crippen LogP contribution is -2.26. The zero-order valence-electron chi connectivity index (χ0n) is 69.8.